The molecule has 5 rings (SSSR count). The van der Waals surface area contributed by atoms with Crippen molar-refractivity contribution in [2.45, 2.75) is 76.8 Å². The van der Waals surface area contributed by atoms with Crippen LogP contribution in [-0.2, 0) is 12.8 Å². The van der Waals surface area contributed by atoms with Crippen molar-refractivity contribution in [1.29, 1.82) is 0 Å². The van der Waals surface area contributed by atoms with Crippen molar-refractivity contribution in [3.63, 3.8) is 0 Å². The summed E-state index contributed by atoms with van der Waals surface area (Å²) in [7, 11) is 0. The molecule has 142 valence electrons. The van der Waals surface area contributed by atoms with Crippen LogP contribution in [0.4, 0.5) is 0 Å². The van der Waals surface area contributed by atoms with Crippen LogP contribution in [0.3, 0.4) is 0 Å². The van der Waals surface area contributed by atoms with E-state index in [0.717, 1.165) is 49.4 Å². The van der Waals surface area contributed by atoms with Crippen LogP contribution in [0.5, 0.6) is 0 Å². The van der Waals surface area contributed by atoms with Gasteiger partial charge in [0.1, 0.15) is 0 Å². The predicted octanol–water partition coefficient (Wildman–Crippen LogP) is 4.54. The Morgan fingerprint density at radius 1 is 1.00 bits per heavy atom. The molecule has 1 aromatic carbocycles. The van der Waals surface area contributed by atoms with Gasteiger partial charge in [0.05, 0.1) is 5.69 Å². The molecule has 0 saturated heterocycles. The van der Waals surface area contributed by atoms with Crippen LogP contribution in [-0.4, -0.2) is 32.7 Å². The van der Waals surface area contributed by atoms with Gasteiger partial charge in [-0.3, -0.25) is 4.79 Å². The second-order valence-corrected chi connectivity index (χ2v) is 8.73. The first-order valence-corrected chi connectivity index (χ1v) is 10.7. The lowest BCUT2D eigenvalue weighted by molar-refractivity contribution is 0.0585. The Morgan fingerprint density at radius 2 is 1.67 bits per heavy atom. The summed E-state index contributed by atoms with van der Waals surface area (Å²) in [5.74, 6) is 1.00. The minimum Gasteiger partial charge on any atom is -0.331 e. The van der Waals surface area contributed by atoms with E-state index in [9.17, 15) is 4.79 Å². The molecule has 3 aliphatic rings. The second-order valence-electron chi connectivity index (χ2n) is 8.73. The minimum atomic E-state index is 0.199. The summed E-state index contributed by atoms with van der Waals surface area (Å²) >= 11 is 0. The fourth-order valence-electron chi connectivity index (χ4n) is 5.02. The SMILES string of the molecule is CC1CCC(N(C(=O)c2nn(-c3ccccc3)c3c2CCC3)C2CC2)CC1. The first-order chi connectivity index (χ1) is 13.2. The summed E-state index contributed by atoms with van der Waals surface area (Å²) in [5.41, 5.74) is 4.26. The van der Waals surface area contributed by atoms with E-state index < -0.39 is 0 Å². The van der Waals surface area contributed by atoms with Crippen LogP contribution in [0.1, 0.15) is 73.6 Å². The third-order valence-corrected chi connectivity index (χ3v) is 6.69. The average Bonchev–Trinajstić information content (AvgIpc) is 3.28. The summed E-state index contributed by atoms with van der Waals surface area (Å²) in [6.07, 6.45) is 10.3. The standard InChI is InChI=1S/C23H29N3O/c1-16-10-12-17(13-11-16)25(18-14-15-18)23(27)22-20-8-5-9-21(20)26(24-22)19-6-3-2-4-7-19/h2-4,6-7,16-18H,5,8-15H2,1H3. The Labute approximate surface area is 161 Å². The molecule has 4 nitrogen and oxygen atoms in total. The Balaban J connectivity index is 1.49. The highest BCUT2D eigenvalue weighted by Crippen LogP contribution is 2.37. The quantitative estimate of drug-likeness (QED) is 0.799. The zero-order chi connectivity index (χ0) is 18.4. The number of hydrogen-bond acceptors (Lipinski definition) is 2. The maximum atomic E-state index is 13.7. The fraction of sp³-hybridized carbons (Fsp3) is 0.565. The molecule has 1 amide bonds. The van der Waals surface area contributed by atoms with Crippen LogP contribution in [0, 0.1) is 5.92 Å². The van der Waals surface area contributed by atoms with Gasteiger partial charge in [0.15, 0.2) is 5.69 Å². The van der Waals surface area contributed by atoms with E-state index in [2.05, 4.69) is 24.0 Å². The Kier molecular flexibility index (Phi) is 4.30. The zero-order valence-electron chi connectivity index (χ0n) is 16.2. The number of aromatic nitrogens is 2. The van der Waals surface area contributed by atoms with Gasteiger partial charge >= 0.3 is 0 Å². The van der Waals surface area contributed by atoms with Crippen molar-refractivity contribution < 1.29 is 4.79 Å². The lowest BCUT2D eigenvalue weighted by Gasteiger charge is -2.36. The van der Waals surface area contributed by atoms with Gasteiger partial charge in [0.25, 0.3) is 5.91 Å². The number of rotatable bonds is 4. The number of para-hydroxylation sites is 1. The Bertz CT molecular complexity index is 829. The van der Waals surface area contributed by atoms with Crippen LogP contribution < -0.4 is 0 Å². The average molecular weight is 364 g/mol. The zero-order valence-corrected chi connectivity index (χ0v) is 16.2. The number of fused-ring (bicyclic) bond motifs is 1. The fourth-order valence-corrected chi connectivity index (χ4v) is 5.02. The minimum absolute atomic E-state index is 0.199. The van der Waals surface area contributed by atoms with E-state index in [-0.39, 0.29) is 5.91 Å². The Hall–Kier alpha value is -2.10. The molecule has 2 saturated carbocycles. The molecule has 0 unspecified atom stereocenters. The van der Waals surface area contributed by atoms with Crippen LogP contribution in [0.15, 0.2) is 30.3 Å². The lowest BCUT2D eigenvalue weighted by atomic mass is 9.86. The number of hydrogen-bond donors (Lipinski definition) is 0. The second kappa shape index (κ2) is 6.81. The van der Waals surface area contributed by atoms with Crippen molar-refractivity contribution >= 4 is 5.91 Å². The van der Waals surface area contributed by atoms with Gasteiger partial charge in [-0.2, -0.15) is 5.10 Å². The summed E-state index contributed by atoms with van der Waals surface area (Å²) < 4.78 is 2.03. The number of carbonyl (C=O) groups is 1. The summed E-state index contributed by atoms with van der Waals surface area (Å²) in [6.45, 7) is 2.34. The molecule has 0 aliphatic heterocycles. The van der Waals surface area contributed by atoms with Crippen LogP contribution in [0.2, 0.25) is 0 Å². The highest BCUT2D eigenvalue weighted by atomic mass is 16.2. The molecule has 4 heteroatoms. The van der Waals surface area contributed by atoms with Crippen LogP contribution >= 0.6 is 0 Å². The molecule has 0 N–H and O–H groups in total. The molecule has 1 heterocycles. The third kappa shape index (κ3) is 3.09. The van der Waals surface area contributed by atoms with Gasteiger partial charge in [-0.15, -0.1) is 0 Å². The van der Waals surface area contributed by atoms with Crippen molar-refractivity contribution in [2.75, 3.05) is 0 Å². The van der Waals surface area contributed by atoms with E-state index in [1.54, 1.807) is 0 Å². The van der Waals surface area contributed by atoms with Gasteiger partial charge in [-0.05, 0) is 75.8 Å². The van der Waals surface area contributed by atoms with E-state index in [1.165, 1.54) is 36.9 Å². The molecule has 0 radical (unpaired) electrons. The normalized spacial score (nSPS) is 24.6. The third-order valence-electron chi connectivity index (χ3n) is 6.69. The topological polar surface area (TPSA) is 38.1 Å². The van der Waals surface area contributed by atoms with Crippen LogP contribution in [0.25, 0.3) is 5.69 Å². The maximum Gasteiger partial charge on any atom is 0.275 e. The molecule has 3 aliphatic carbocycles. The monoisotopic (exact) mass is 363 g/mol. The maximum absolute atomic E-state index is 13.7. The van der Waals surface area contributed by atoms with Crippen molar-refractivity contribution in [3.05, 3.63) is 47.3 Å². The molecule has 2 fully saturated rings. The first-order valence-electron chi connectivity index (χ1n) is 10.7. The van der Waals surface area contributed by atoms with E-state index >= 15 is 0 Å². The smallest absolute Gasteiger partial charge is 0.275 e. The van der Waals surface area contributed by atoms with Crippen molar-refractivity contribution in [3.8, 4) is 5.69 Å². The Morgan fingerprint density at radius 3 is 2.33 bits per heavy atom. The molecular weight excluding hydrogens is 334 g/mol. The van der Waals surface area contributed by atoms with Gasteiger partial charge in [0, 0.05) is 23.3 Å². The number of benzene rings is 1. The highest BCUT2D eigenvalue weighted by Gasteiger charge is 2.41. The van der Waals surface area contributed by atoms with E-state index in [0.29, 0.717) is 12.1 Å². The van der Waals surface area contributed by atoms with Gasteiger partial charge in [-0.25, -0.2) is 4.68 Å². The van der Waals surface area contributed by atoms with Gasteiger partial charge < -0.3 is 4.90 Å². The lowest BCUT2D eigenvalue weighted by Crippen LogP contribution is -2.44. The summed E-state index contributed by atoms with van der Waals surface area (Å²) in [4.78, 5) is 15.9. The van der Waals surface area contributed by atoms with Gasteiger partial charge in [0.2, 0.25) is 0 Å². The van der Waals surface area contributed by atoms with Crippen molar-refractivity contribution in [2.24, 2.45) is 5.92 Å². The molecule has 0 bridgehead atoms. The molecule has 1 aromatic heterocycles. The predicted molar refractivity (Wildman–Crippen MR) is 106 cm³/mol. The van der Waals surface area contributed by atoms with E-state index in [1.807, 2.05) is 22.9 Å². The summed E-state index contributed by atoms with van der Waals surface area (Å²) in [6, 6.07) is 11.1. The molecule has 0 atom stereocenters. The molecule has 27 heavy (non-hydrogen) atoms. The number of amides is 1. The highest BCUT2D eigenvalue weighted by molar-refractivity contribution is 5.95. The first kappa shape index (κ1) is 17.0. The largest absolute Gasteiger partial charge is 0.331 e. The molecule has 2 aromatic rings. The molecular formula is C23H29N3O. The summed E-state index contributed by atoms with van der Waals surface area (Å²) in [5, 5.41) is 4.87. The van der Waals surface area contributed by atoms with E-state index in [4.69, 9.17) is 5.10 Å². The number of nitrogens with zero attached hydrogens (tertiary/aromatic N) is 3. The molecule has 0 spiro atoms. The van der Waals surface area contributed by atoms with Gasteiger partial charge in [-0.1, -0.05) is 25.1 Å². The number of carbonyl (C=O) groups excluding carboxylic acids is 1. The van der Waals surface area contributed by atoms with Crippen molar-refractivity contribution in [1.82, 2.24) is 14.7 Å².